The van der Waals surface area contributed by atoms with E-state index in [2.05, 4.69) is 0 Å². The van der Waals surface area contributed by atoms with Crippen molar-refractivity contribution >= 4 is 5.91 Å². The van der Waals surface area contributed by atoms with Gasteiger partial charge in [0.2, 0.25) is 0 Å². The fraction of sp³-hybridized carbons (Fsp3) is 0.368. The molecule has 1 fully saturated rings. The molecule has 1 aromatic heterocycles. The summed E-state index contributed by atoms with van der Waals surface area (Å²) in [5.41, 5.74) is 1.73. The van der Waals surface area contributed by atoms with Gasteiger partial charge in [0.15, 0.2) is 0 Å². The Balaban J connectivity index is 1.78. The average molecular weight is 428 g/mol. The van der Waals surface area contributed by atoms with Crippen molar-refractivity contribution in [1.29, 1.82) is 0 Å². The van der Waals surface area contributed by atoms with Crippen molar-refractivity contribution in [1.82, 2.24) is 4.98 Å². The summed E-state index contributed by atoms with van der Waals surface area (Å²) >= 11 is 0. The molecule has 162 valence electrons. The monoisotopic (exact) mass is 428 g/mol. The van der Waals surface area contributed by atoms with Gasteiger partial charge in [-0.1, -0.05) is 12.1 Å². The molecule has 2 atom stereocenters. The third-order valence-corrected chi connectivity index (χ3v) is 4.43. The number of aromatic amines is 1. The van der Waals surface area contributed by atoms with E-state index in [1.807, 2.05) is 0 Å². The second-order valence-electron chi connectivity index (χ2n) is 6.59. The van der Waals surface area contributed by atoms with E-state index in [1.54, 1.807) is 4.98 Å². The van der Waals surface area contributed by atoms with Crippen LogP contribution in [0.15, 0.2) is 35.1 Å². The van der Waals surface area contributed by atoms with Gasteiger partial charge in [-0.15, -0.1) is 0 Å². The van der Waals surface area contributed by atoms with E-state index < -0.39 is 28.9 Å². The SMILES string of the molecule is NC(=O)c1cc(-c2ccc(OC[C@@H]3CO[C@@H](CO)CO3)cc2)c(C(F)(F)F)[nH]c1=O. The van der Waals surface area contributed by atoms with Crippen molar-refractivity contribution in [2.45, 2.75) is 18.4 Å². The number of carbonyl (C=O) groups is 1. The van der Waals surface area contributed by atoms with Gasteiger partial charge < -0.3 is 30.0 Å². The van der Waals surface area contributed by atoms with E-state index in [0.29, 0.717) is 5.75 Å². The number of hydrogen-bond acceptors (Lipinski definition) is 6. The van der Waals surface area contributed by atoms with E-state index in [1.165, 1.54) is 24.3 Å². The highest BCUT2D eigenvalue weighted by atomic mass is 19.4. The number of alkyl halides is 3. The molecule has 1 aliphatic rings. The third-order valence-electron chi connectivity index (χ3n) is 4.43. The number of primary amides is 1. The van der Waals surface area contributed by atoms with Gasteiger partial charge in [0, 0.05) is 5.56 Å². The lowest BCUT2D eigenvalue weighted by atomic mass is 10.0. The zero-order valence-electron chi connectivity index (χ0n) is 15.6. The van der Waals surface area contributed by atoms with Gasteiger partial charge in [-0.3, -0.25) is 9.59 Å². The molecule has 11 heteroatoms. The van der Waals surface area contributed by atoms with E-state index in [0.717, 1.165) is 6.07 Å². The summed E-state index contributed by atoms with van der Waals surface area (Å²) in [6.07, 6.45) is -5.56. The molecular formula is C19H19F3N2O6. The largest absolute Gasteiger partial charge is 0.491 e. The maximum absolute atomic E-state index is 13.4. The molecule has 3 rings (SSSR count). The molecule has 30 heavy (non-hydrogen) atoms. The van der Waals surface area contributed by atoms with Crippen molar-refractivity contribution in [2.24, 2.45) is 5.73 Å². The molecule has 0 radical (unpaired) electrons. The van der Waals surface area contributed by atoms with Gasteiger partial charge in [-0.05, 0) is 23.8 Å². The molecule has 0 aliphatic carbocycles. The predicted octanol–water partition coefficient (Wildman–Crippen LogP) is 1.31. The number of nitrogens with two attached hydrogens (primary N) is 1. The highest BCUT2D eigenvalue weighted by molar-refractivity contribution is 5.93. The minimum absolute atomic E-state index is 0.108. The van der Waals surface area contributed by atoms with Crippen LogP contribution in [-0.2, 0) is 15.7 Å². The molecule has 1 amide bonds. The normalized spacial score (nSPS) is 19.5. The average Bonchev–Trinajstić information content (AvgIpc) is 2.72. The number of H-pyrrole nitrogens is 1. The molecular weight excluding hydrogens is 409 g/mol. The number of aliphatic hydroxyl groups excluding tert-OH is 1. The number of nitrogens with one attached hydrogen (secondary N) is 1. The number of aliphatic hydroxyl groups is 1. The molecule has 1 aromatic carbocycles. The maximum atomic E-state index is 13.4. The maximum Gasteiger partial charge on any atom is 0.431 e. The van der Waals surface area contributed by atoms with E-state index in [4.69, 9.17) is 25.1 Å². The minimum atomic E-state index is -4.84. The van der Waals surface area contributed by atoms with Crippen LogP contribution in [0.5, 0.6) is 5.75 Å². The molecule has 4 N–H and O–H groups in total. The third kappa shape index (κ3) is 4.99. The number of ether oxygens (including phenoxy) is 3. The van der Waals surface area contributed by atoms with Gasteiger partial charge in [0.25, 0.3) is 11.5 Å². The summed E-state index contributed by atoms with van der Waals surface area (Å²) < 4.78 is 56.5. The second-order valence-corrected chi connectivity index (χ2v) is 6.59. The summed E-state index contributed by atoms with van der Waals surface area (Å²) in [4.78, 5) is 24.8. The Kier molecular flexibility index (Phi) is 6.44. The summed E-state index contributed by atoms with van der Waals surface area (Å²) in [6, 6.07) is 6.45. The van der Waals surface area contributed by atoms with Crippen LogP contribution in [-0.4, -0.2) is 54.6 Å². The number of hydrogen-bond donors (Lipinski definition) is 3. The zero-order chi connectivity index (χ0) is 21.9. The molecule has 2 heterocycles. The Morgan fingerprint density at radius 3 is 2.37 bits per heavy atom. The van der Waals surface area contributed by atoms with Gasteiger partial charge in [0.1, 0.15) is 35.8 Å². The van der Waals surface area contributed by atoms with E-state index in [9.17, 15) is 22.8 Å². The van der Waals surface area contributed by atoms with Crippen LogP contribution in [0.25, 0.3) is 11.1 Å². The Morgan fingerprint density at radius 1 is 1.20 bits per heavy atom. The number of amides is 1. The fourth-order valence-corrected chi connectivity index (χ4v) is 2.87. The lowest BCUT2D eigenvalue weighted by Gasteiger charge is -2.28. The van der Waals surface area contributed by atoms with Gasteiger partial charge in [0.05, 0.1) is 19.8 Å². The van der Waals surface area contributed by atoms with Crippen molar-refractivity contribution < 1.29 is 37.3 Å². The Hall–Kier alpha value is -2.89. The van der Waals surface area contributed by atoms with Crippen molar-refractivity contribution in [3.05, 3.63) is 51.9 Å². The molecule has 1 aliphatic heterocycles. The first-order chi connectivity index (χ1) is 14.2. The molecule has 0 spiro atoms. The quantitative estimate of drug-likeness (QED) is 0.638. The van der Waals surface area contributed by atoms with Crippen LogP contribution in [0.2, 0.25) is 0 Å². The molecule has 2 aromatic rings. The minimum Gasteiger partial charge on any atom is -0.491 e. The predicted molar refractivity (Wildman–Crippen MR) is 98.1 cm³/mol. The number of pyridine rings is 1. The second kappa shape index (κ2) is 8.86. The van der Waals surface area contributed by atoms with Crippen LogP contribution < -0.4 is 16.0 Å². The summed E-state index contributed by atoms with van der Waals surface area (Å²) in [5.74, 6) is -0.760. The number of halogens is 3. The first-order valence-corrected chi connectivity index (χ1v) is 8.90. The molecule has 0 bridgehead atoms. The topological polar surface area (TPSA) is 124 Å². The number of benzene rings is 1. The standard InChI is InChI=1S/C19H19F3N2O6/c20-19(21,22)16-14(5-15(17(23)26)18(27)24-16)10-1-3-11(4-2-10)28-8-13-9-29-12(6-25)7-30-13/h1-5,12-13,25H,6-9H2,(H2,23,26)(H,24,27)/t12-,13+/m0/s1. The van der Waals surface area contributed by atoms with E-state index >= 15 is 0 Å². The molecule has 1 saturated heterocycles. The molecule has 8 nitrogen and oxygen atoms in total. The van der Waals surface area contributed by atoms with Gasteiger partial charge in [-0.2, -0.15) is 13.2 Å². The summed E-state index contributed by atoms with van der Waals surface area (Å²) in [6.45, 7) is 0.483. The summed E-state index contributed by atoms with van der Waals surface area (Å²) in [5, 5.41) is 8.99. The fourth-order valence-electron chi connectivity index (χ4n) is 2.87. The van der Waals surface area contributed by atoms with Crippen molar-refractivity contribution in [3.63, 3.8) is 0 Å². The first kappa shape index (κ1) is 21.8. The van der Waals surface area contributed by atoms with E-state index in [-0.39, 0.29) is 49.8 Å². The zero-order valence-corrected chi connectivity index (χ0v) is 15.6. The highest BCUT2D eigenvalue weighted by Crippen LogP contribution is 2.35. The Labute approximate surface area is 168 Å². The highest BCUT2D eigenvalue weighted by Gasteiger charge is 2.36. The number of carbonyl (C=O) groups excluding carboxylic acids is 1. The molecule has 0 saturated carbocycles. The van der Waals surface area contributed by atoms with Crippen molar-refractivity contribution in [3.8, 4) is 16.9 Å². The van der Waals surface area contributed by atoms with Gasteiger partial charge >= 0.3 is 6.18 Å². The Bertz CT molecular complexity index is 950. The Morgan fingerprint density at radius 2 is 1.83 bits per heavy atom. The summed E-state index contributed by atoms with van der Waals surface area (Å²) in [7, 11) is 0. The smallest absolute Gasteiger partial charge is 0.431 e. The molecule has 0 unspecified atom stereocenters. The van der Waals surface area contributed by atoms with Crippen LogP contribution in [0.3, 0.4) is 0 Å². The van der Waals surface area contributed by atoms with Crippen molar-refractivity contribution in [2.75, 3.05) is 26.4 Å². The number of rotatable bonds is 6. The first-order valence-electron chi connectivity index (χ1n) is 8.90. The van der Waals surface area contributed by atoms with Crippen LogP contribution in [0.1, 0.15) is 16.1 Å². The van der Waals surface area contributed by atoms with Crippen LogP contribution in [0, 0.1) is 0 Å². The van der Waals surface area contributed by atoms with Crippen LogP contribution >= 0.6 is 0 Å². The lowest BCUT2D eigenvalue weighted by molar-refractivity contribution is -0.152. The van der Waals surface area contributed by atoms with Crippen LogP contribution in [0.4, 0.5) is 13.2 Å². The lowest BCUT2D eigenvalue weighted by Crippen LogP contribution is -2.40. The number of aromatic nitrogens is 1. The van der Waals surface area contributed by atoms with Gasteiger partial charge in [-0.25, -0.2) is 0 Å².